The minimum absolute atomic E-state index is 0.105. The Labute approximate surface area is 400 Å². The van der Waals surface area contributed by atoms with Crippen molar-refractivity contribution in [3.63, 3.8) is 0 Å². The van der Waals surface area contributed by atoms with Gasteiger partial charge < -0.3 is 14.2 Å². The van der Waals surface area contributed by atoms with E-state index in [-0.39, 0.29) is 31.1 Å². The first kappa shape index (κ1) is 61.3. The number of ether oxygens (including phenoxy) is 3. The second kappa shape index (κ2) is 52.9. The Morgan fingerprint density at radius 1 is 0.338 bits per heavy atom. The highest BCUT2D eigenvalue weighted by atomic mass is 16.6. The van der Waals surface area contributed by atoms with Crippen molar-refractivity contribution < 1.29 is 28.6 Å². The molecule has 0 N–H and O–H groups in total. The van der Waals surface area contributed by atoms with Crippen LogP contribution in [0.15, 0.2) is 97.2 Å². The number of carbonyl (C=O) groups excluding carboxylic acids is 3. The van der Waals surface area contributed by atoms with E-state index in [1.807, 2.05) is 0 Å². The summed E-state index contributed by atoms with van der Waals surface area (Å²) in [6.45, 7) is 6.42. The standard InChI is InChI=1S/C59H98O6/c1-4-7-10-13-16-19-22-25-27-29-31-32-34-37-40-43-46-49-52-58(61)64-55-56(54-63-57(60)51-48-45-42-39-36-24-21-18-15-12-9-6-3)65-59(62)53-50-47-44-41-38-35-33-30-28-26-23-20-17-14-11-8-5-2/h9,12,16,18-19,21-22,25-29,31-32,36,39,56H,4-8,10-11,13-15,17,20,23-24,30,33-35,37-38,40-55H2,1-3H3/b12-9-,19-16-,21-18-,25-22-,28-26-,29-27-,32-31-,39-36-. The Morgan fingerprint density at radius 3 is 1.15 bits per heavy atom. The zero-order chi connectivity index (χ0) is 47.2. The number of hydrogen-bond acceptors (Lipinski definition) is 6. The summed E-state index contributed by atoms with van der Waals surface area (Å²) in [6, 6.07) is 0. The van der Waals surface area contributed by atoms with Crippen LogP contribution >= 0.6 is 0 Å². The van der Waals surface area contributed by atoms with E-state index in [9.17, 15) is 14.4 Å². The minimum atomic E-state index is -0.806. The highest BCUT2D eigenvalue weighted by molar-refractivity contribution is 5.71. The van der Waals surface area contributed by atoms with E-state index in [0.717, 1.165) is 103 Å². The van der Waals surface area contributed by atoms with Gasteiger partial charge in [-0.05, 0) is 103 Å². The molecule has 0 aromatic rings. The lowest BCUT2D eigenvalue weighted by molar-refractivity contribution is -0.167. The normalized spacial score (nSPS) is 12.8. The van der Waals surface area contributed by atoms with Crippen LogP contribution in [0.3, 0.4) is 0 Å². The molecular weight excluding hydrogens is 805 g/mol. The Balaban J connectivity index is 4.47. The quantitative estimate of drug-likeness (QED) is 0.0199. The first-order valence-electron chi connectivity index (χ1n) is 26.8. The van der Waals surface area contributed by atoms with E-state index < -0.39 is 6.10 Å². The van der Waals surface area contributed by atoms with Crippen molar-refractivity contribution in [2.75, 3.05) is 13.2 Å². The molecule has 0 saturated heterocycles. The molecule has 6 nitrogen and oxygen atoms in total. The van der Waals surface area contributed by atoms with Gasteiger partial charge in [-0.2, -0.15) is 0 Å². The van der Waals surface area contributed by atoms with Crippen LogP contribution in [0.4, 0.5) is 0 Å². The molecule has 0 bridgehead atoms. The summed E-state index contributed by atoms with van der Waals surface area (Å²) in [6.07, 6.45) is 69.6. The minimum Gasteiger partial charge on any atom is -0.462 e. The van der Waals surface area contributed by atoms with Gasteiger partial charge in [0.2, 0.25) is 0 Å². The summed E-state index contributed by atoms with van der Waals surface area (Å²) in [7, 11) is 0. The van der Waals surface area contributed by atoms with Gasteiger partial charge in [-0.3, -0.25) is 14.4 Å². The van der Waals surface area contributed by atoms with Crippen LogP contribution in [0, 0.1) is 0 Å². The lowest BCUT2D eigenvalue weighted by atomic mass is 10.1. The molecule has 0 aliphatic carbocycles. The number of esters is 3. The van der Waals surface area contributed by atoms with E-state index in [2.05, 4.69) is 118 Å². The van der Waals surface area contributed by atoms with Crippen LogP contribution < -0.4 is 0 Å². The lowest BCUT2D eigenvalue weighted by Crippen LogP contribution is -2.30. The van der Waals surface area contributed by atoms with Crippen molar-refractivity contribution in [1.29, 1.82) is 0 Å². The van der Waals surface area contributed by atoms with Gasteiger partial charge in [0, 0.05) is 19.3 Å². The maximum absolute atomic E-state index is 12.8. The van der Waals surface area contributed by atoms with E-state index in [1.165, 1.54) is 96.3 Å². The number of carbonyl (C=O) groups is 3. The van der Waals surface area contributed by atoms with E-state index in [0.29, 0.717) is 19.3 Å². The third kappa shape index (κ3) is 51.2. The molecule has 0 aliphatic rings. The Kier molecular flexibility index (Phi) is 50.0. The van der Waals surface area contributed by atoms with Crippen LogP contribution in [0.2, 0.25) is 0 Å². The monoisotopic (exact) mass is 903 g/mol. The molecule has 6 heteroatoms. The molecule has 0 radical (unpaired) electrons. The molecule has 1 atom stereocenters. The average molecular weight is 903 g/mol. The van der Waals surface area contributed by atoms with Gasteiger partial charge in [-0.1, -0.05) is 214 Å². The fourth-order valence-corrected chi connectivity index (χ4v) is 7.11. The van der Waals surface area contributed by atoms with Gasteiger partial charge in [0.1, 0.15) is 13.2 Å². The van der Waals surface area contributed by atoms with Gasteiger partial charge in [-0.15, -0.1) is 0 Å². The summed E-state index contributed by atoms with van der Waals surface area (Å²) in [4.78, 5) is 38.0. The van der Waals surface area contributed by atoms with E-state index in [1.54, 1.807) is 0 Å². The van der Waals surface area contributed by atoms with Gasteiger partial charge in [0.15, 0.2) is 6.10 Å². The number of hydrogen-bond donors (Lipinski definition) is 0. The van der Waals surface area contributed by atoms with Crippen LogP contribution in [0.1, 0.15) is 239 Å². The Morgan fingerprint density at radius 2 is 0.662 bits per heavy atom. The van der Waals surface area contributed by atoms with Crippen molar-refractivity contribution in [1.82, 2.24) is 0 Å². The highest BCUT2D eigenvalue weighted by Gasteiger charge is 2.19. The van der Waals surface area contributed by atoms with Gasteiger partial charge in [0.25, 0.3) is 0 Å². The zero-order valence-electron chi connectivity index (χ0n) is 42.2. The third-order valence-electron chi connectivity index (χ3n) is 11.1. The molecule has 0 aliphatic heterocycles. The molecule has 0 fully saturated rings. The summed E-state index contributed by atoms with van der Waals surface area (Å²) in [5, 5.41) is 0. The maximum atomic E-state index is 12.8. The van der Waals surface area contributed by atoms with Crippen molar-refractivity contribution in [2.24, 2.45) is 0 Å². The molecule has 0 heterocycles. The SMILES string of the molecule is CC/C=C\C/C=C\C/C=C\CCCCC(=O)OCC(COC(=O)CCCCCCC\C=C/C=C\C=C/C=C\CCCCC)OC(=O)CCCCCCCCC/C=C\CCCCCCCC. The van der Waals surface area contributed by atoms with Crippen LogP contribution in [0.5, 0.6) is 0 Å². The highest BCUT2D eigenvalue weighted by Crippen LogP contribution is 2.14. The van der Waals surface area contributed by atoms with Crippen molar-refractivity contribution >= 4 is 17.9 Å². The first-order chi connectivity index (χ1) is 32.0. The van der Waals surface area contributed by atoms with Crippen LogP contribution in [-0.4, -0.2) is 37.2 Å². The van der Waals surface area contributed by atoms with Gasteiger partial charge in [0.05, 0.1) is 0 Å². The predicted octanol–water partition coefficient (Wildman–Crippen LogP) is 17.8. The summed E-state index contributed by atoms with van der Waals surface area (Å²) >= 11 is 0. The molecule has 0 amide bonds. The molecular formula is C59H98O6. The molecule has 0 rings (SSSR count). The van der Waals surface area contributed by atoms with Crippen LogP contribution in [-0.2, 0) is 28.6 Å². The van der Waals surface area contributed by atoms with Crippen LogP contribution in [0.25, 0.3) is 0 Å². The smallest absolute Gasteiger partial charge is 0.306 e. The summed E-state index contributed by atoms with van der Waals surface area (Å²) in [5.41, 5.74) is 0. The first-order valence-corrected chi connectivity index (χ1v) is 26.8. The maximum Gasteiger partial charge on any atom is 0.306 e. The summed E-state index contributed by atoms with van der Waals surface area (Å²) in [5.74, 6) is -0.971. The summed E-state index contributed by atoms with van der Waals surface area (Å²) < 4.78 is 16.8. The second-order valence-electron chi connectivity index (χ2n) is 17.5. The molecule has 370 valence electrons. The molecule has 1 unspecified atom stereocenters. The van der Waals surface area contributed by atoms with Crippen molar-refractivity contribution in [3.05, 3.63) is 97.2 Å². The number of allylic oxidation sites excluding steroid dienone is 16. The number of unbranched alkanes of at least 4 members (excludes halogenated alkanes) is 23. The molecule has 0 spiro atoms. The molecule has 65 heavy (non-hydrogen) atoms. The van der Waals surface area contributed by atoms with Crippen molar-refractivity contribution in [3.8, 4) is 0 Å². The molecule has 0 aromatic heterocycles. The Bertz CT molecular complexity index is 1310. The second-order valence-corrected chi connectivity index (χ2v) is 17.5. The fourth-order valence-electron chi connectivity index (χ4n) is 7.11. The van der Waals surface area contributed by atoms with Gasteiger partial charge >= 0.3 is 17.9 Å². The number of rotatable bonds is 47. The van der Waals surface area contributed by atoms with E-state index in [4.69, 9.17) is 14.2 Å². The Hall–Kier alpha value is -3.67. The zero-order valence-corrected chi connectivity index (χ0v) is 42.2. The van der Waals surface area contributed by atoms with Crippen molar-refractivity contribution in [2.45, 2.75) is 245 Å². The van der Waals surface area contributed by atoms with E-state index >= 15 is 0 Å². The third-order valence-corrected chi connectivity index (χ3v) is 11.1. The van der Waals surface area contributed by atoms with Gasteiger partial charge in [-0.25, -0.2) is 0 Å². The lowest BCUT2D eigenvalue weighted by Gasteiger charge is -2.18. The fraction of sp³-hybridized carbons (Fsp3) is 0.678. The molecule has 0 saturated carbocycles. The largest absolute Gasteiger partial charge is 0.462 e. The topological polar surface area (TPSA) is 78.9 Å². The molecule has 0 aromatic carbocycles. The predicted molar refractivity (Wildman–Crippen MR) is 279 cm³/mol. The average Bonchev–Trinajstić information content (AvgIpc) is 3.30.